The van der Waals surface area contributed by atoms with Gasteiger partial charge in [0.25, 0.3) is 0 Å². The largest absolute Gasteiger partial charge is 0.459 e. The fraction of sp³-hybridized carbons (Fsp3) is 0.833. The Hall–Kier alpha value is -1.24. The fourth-order valence-electron chi connectivity index (χ4n) is 5.31. The number of carbonyl (C=O) groups is 3. The Kier molecular flexibility index (Phi) is 4.25. The molecule has 4 aliphatic rings. The van der Waals surface area contributed by atoms with Crippen molar-refractivity contribution in [2.24, 2.45) is 23.7 Å². The zero-order chi connectivity index (χ0) is 17.8. The highest BCUT2D eigenvalue weighted by Crippen LogP contribution is 2.59. The Bertz CT molecular complexity index is 598. The summed E-state index contributed by atoms with van der Waals surface area (Å²) >= 11 is 4.04. The van der Waals surface area contributed by atoms with E-state index in [0.717, 1.165) is 25.7 Å². The van der Waals surface area contributed by atoms with Crippen molar-refractivity contribution in [3.63, 3.8) is 0 Å². The third-order valence-corrected chi connectivity index (χ3v) is 6.63. The Balaban J connectivity index is 1.53. The number of thiol groups is 1. The van der Waals surface area contributed by atoms with Crippen LogP contribution < -0.4 is 0 Å². The fourth-order valence-corrected chi connectivity index (χ4v) is 5.49. The van der Waals surface area contributed by atoms with Crippen LogP contribution in [-0.2, 0) is 28.6 Å². The third-order valence-electron chi connectivity index (χ3n) is 6.41. The molecule has 6 atom stereocenters. The second-order valence-corrected chi connectivity index (χ2v) is 8.47. The molecule has 1 saturated heterocycles. The molecule has 6 nitrogen and oxygen atoms in total. The molecule has 3 saturated carbocycles. The maximum absolute atomic E-state index is 12.9. The van der Waals surface area contributed by atoms with E-state index >= 15 is 0 Å². The molecule has 4 fully saturated rings. The summed E-state index contributed by atoms with van der Waals surface area (Å²) in [5.74, 6) is -1.85. The van der Waals surface area contributed by atoms with Crippen molar-refractivity contribution in [3.05, 3.63) is 0 Å². The summed E-state index contributed by atoms with van der Waals surface area (Å²) in [4.78, 5) is 37.1. The van der Waals surface area contributed by atoms with Crippen LogP contribution in [0.25, 0.3) is 0 Å². The van der Waals surface area contributed by atoms with Gasteiger partial charge in [-0.2, -0.15) is 12.6 Å². The summed E-state index contributed by atoms with van der Waals surface area (Å²) in [7, 11) is 0. The van der Waals surface area contributed by atoms with Gasteiger partial charge in [0.2, 0.25) is 0 Å². The summed E-state index contributed by atoms with van der Waals surface area (Å²) < 4.78 is 16.9. The minimum Gasteiger partial charge on any atom is -0.459 e. The van der Waals surface area contributed by atoms with Crippen LogP contribution in [0.1, 0.15) is 45.4 Å². The normalized spacial score (nSPS) is 40.2. The van der Waals surface area contributed by atoms with E-state index in [2.05, 4.69) is 12.6 Å². The predicted octanol–water partition coefficient (Wildman–Crippen LogP) is 1.90. The van der Waals surface area contributed by atoms with E-state index in [4.69, 9.17) is 14.2 Å². The van der Waals surface area contributed by atoms with Gasteiger partial charge in [-0.3, -0.25) is 14.4 Å². The number of carbonyl (C=O) groups excluding carboxylic acids is 3. The summed E-state index contributed by atoms with van der Waals surface area (Å²) in [5.41, 5.74) is -0.432. The van der Waals surface area contributed by atoms with Crippen molar-refractivity contribution in [1.82, 2.24) is 0 Å². The number of hydrogen-bond donors (Lipinski definition) is 1. The average Bonchev–Trinajstić information content (AvgIpc) is 3.25. The molecule has 138 valence electrons. The first kappa shape index (κ1) is 17.2. The molecule has 0 N–H and O–H groups in total. The van der Waals surface area contributed by atoms with Gasteiger partial charge < -0.3 is 14.2 Å². The van der Waals surface area contributed by atoms with E-state index in [-0.39, 0.29) is 36.2 Å². The van der Waals surface area contributed by atoms with Crippen molar-refractivity contribution in [2.45, 2.75) is 63.3 Å². The Morgan fingerprint density at radius 3 is 2.68 bits per heavy atom. The molecule has 2 bridgehead atoms. The number of fused-ring (bicyclic) bond motifs is 1. The van der Waals surface area contributed by atoms with Crippen LogP contribution in [0.5, 0.6) is 0 Å². The molecule has 0 aromatic rings. The second-order valence-electron chi connectivity index (χ2n) is 8.02. The number of rotatable bonds is 5. The Morgan fingerprint density at radius 2 is 2.00 bits per heavy atom. The van der Waals surface area contributed by atoms with Gasteiger partial charge in [-0.15, -0.1) is 0 Å². The first-order chi connectivity index (χ1) is 11.9. The monoisotopic (exact) mass is 368 g/mol. The van der Waals surface area contributed by atoms with Gasteiger partial charge in [0.15, 0.2) is 0 Å². The molecule has 7 heteroatoms. The quantitative estimate of drug-likeness (QED) is 0.454. The van der Waals surface area contributed by atoms with Gasteiger partial charge in [-0.05, 0) is 39.0 Å². The third kappa shape index (κ3) is 2.75. The van der Waals surface area contributed by atoms with Crippen molar-refractivity contribution >= 4 is 30.5 Å². The molecule has 0 radical (unpaired) electrons. The molecule has 0 amide bonds. The standard InChI is InChI=1S/C18H24O6S/c1-18(5-2-3-6-18)24-17(21)13-10-8-9-12(13)16(20)23-15(9)14(10)22-11(19)4-7-25/h9-10,12-15,25H,2-8H2,1H3. The van der Waals surface area contributed by atoms with E-state index in [0.29, 0.717) is 12.2 Å². The summed E-state index contributed by atoms with van der Waals surface area (Å²) in [6.07, 6.45) is 3.77. The topological polar surface area (TPSA) is 78.9 Å². The molecule has 0 spiro atoms. The molecular formula is C18H24O6S. The molecule has 0 aromatic heterocycles. The predicted molar refractivity (Wildman–Crippen MR) is 89.8 cm³/mol. The number of esters is 3. The van der Waals surface area contributed by atoms with Crippen LogP contribution in [0.4, 0.5) is 0 Å². The molecule has 3 aliphatic carbocycles. The Labute approximate surface area is 152 Å². The van der Waals surface area contributed by atoms with Crippen LogP contribution in [0.3, 0.4) is 0 Å². The van der Waals surface area contributed by atoms with E-state index in [1.165, 1.54) is 0 Å². The Morgan fingerprint density at radius 1 is 1.28 bits per heavy atom. The van der Waals surface area contributed by atoms with E-state index in [9.17, 15) is 14.4 Å². The molecule has 4 rings (SSSR count). The van der Waals surface area contributed by atoms with E-state index < -0.39 is 29.6 Å². The van der Waals surface area contributed by atoms with Crippen LogP contribution in [0.2, 0.25) is 0 Å². The lowest BCUT2D eigenvalue weighted by atomic mass is 9.78. The lowest BCUT2D eigenvalue weighted by Gasteiger charge is -2.33. The lowest BCUT2D eigenvalue weighted by molar-refractivity contribution is -0.173. The number of ether oxygens (including phenoxy) is 3. The van der Waals surface area contributed by atoms with Crippen LogP contribution >= 0.6 is 12.6 Å². The van der Waals surface area contributed by atoms with Crippen LogP contribution in [0, 0.1) is 23.7 Å². The van der Waals surface area contributed by atoms with E-state index in [1.807, 2.05) is 6.92 Å². The smallest absolute Gasteiger partial charge is 0.310 e. The molecule has 1 aliphatic heterocycles. The number of hydrogen-bond acceptors (Lipinski definition) is 7. The highest BCUT2D eigenvalue weighted by atomic mass is 32.1. The van der Waals surface area contributed by atoms with Crippen molar-refractivity contribution < 1.29 is 28.6 Å². The average molecular weight is 368 g/mol. The maximum Gasteiger partial charge on any atom is 0.310 e. The highest BCUT2D eigenvalue weighted by Gasteiger charge is 2.70. The molecule has 1 heterocycles. The van der Waals surface area contributed by atoms with Crippen LogP contribution in [-0.4, -0.2) is 41.5 Å². The summed E-state index contributed by atoms with van der Waals surface area (Å²) in [5, 5.41) is 0. The van der Waals surface area contributed by atoms with Crippen molar-refractivity contribution in [1.29, 1.82) is 0 Å². The van der Waals surface area contributed by atoms with Gasteiger partial charge in [-0.1, -0.05) is 0 Å². The van der Waals surface area contributed by atoms with Gasteiger partial charge in [0.05, 0.1) is 18.3 Å². The zero-order valence-electron chi connectivity index (χ0n) is 14.3. The first-order valence-electron chi connectivity index (χ1n) is 9.17. The maximum atomic E-state index is 12.9. The molecular weight excluding hydrogens is 344 g/mol. The van der Waals surface area contributed by atoms with Gasteiger partial charge in [-0.25, -0.2) is 0 Å². The zero-order valence-corrected chi connectivity index (χ0v) is 15.2. The molecule has 6 unspecified atom stereocenters. The van der Waals surface area contributed by atoms with Gasteiger partial charge in [0.1, 0.15) is 17.8 Å². The van der Waals surface area contributed by atoms with Gasteiger partial charge >= 0.3 is 17.9 Å². The summed E-state index contributed by atoms with van der Waals surface area (Å²) in [6, 6.07) is 0. The van der Waals surface area contributed by atoms with E-state index in [1.54, 1.807) is 0 Å². The van der Waals surface area contributed by atoms with Crippen molar-refractivity contribution in [2.75, 3.05) is 5.75 Å². The molecule has 0 aromatic carbocycles. The summed E-state index contributed by atoms with van der Waals surface area (Å²) in [6.45, 7) is 1.96. The second kappa shape index (κ2) is 6.18. The van der Waals surface area contributed by atoms with Crippen molar-refractivity contribution in [3.8, 4) is 0 Å². The van der Waals surface area contributed by atoms with Crippen LogP contribution in [0.15, 0.2) is 0 Å². The minimum atomic E-state index is -0.553. The highest BCUT2D eigenvalue weighted by molar-refractivity contribution is 7.80. The van der Waals surface area contributed by atoms with Gasteiger partial charge in [0, 0.05) is 17.6 Å². The molecule has 25 heavy (non-hydrogen) atoms. The SMILES string of the molecule is CC1(OC(=O)C2C3CC4C(OC(=O)C42)C3OC(=O)CCS)CCCC1. The lowest BCUT2D eigenvalue weighted by Crippen LogP contribution is -2.45. The minimum absolute atomic E-state index is 0.0414. The first-order valence-corrected chi connectivity index (χ1v) is 9.80.